The van der Waals surface area contributed by atoms with E-state index in [4.69, 9.17) is 4.42 Å². The van der Waals surface area contributed by atoms with Gasteiger partial charge in [0.05, 0.1) is 28.4 Å². The Morgan fingerprint density at radius 2 is 1.64 bits per heavy atom. The van der Waals surface area contributed by atoms with Crippen molar-refractivity contribution in [2.75, 3.05) is 0 Å². The summed E-state index contributed by atoms with van der Waals surface area (Å²) in [5.41, 5.74) is -0.210. The smallest absolute Gasteiger partial charge is 0.416 e. The largest absolute Gasteiger partial charge is 0.478 e. The van der Waals surface area contributed by atoms with Crippen LogP contribution >= 0.6 is 0 Å². The first-order chi connectivity index (χ1) is 21.0. The number of aromatic amines is 1. The van der Waals surface area contributed by atoms with Crippen molar-refractivity contribution in [2.24, 2.45) is 0 Å². The van der Waals surface area contributed by atoms with E-state index < -0.39 is 58.8 Å². The summed E-state index contributed by atoms with van der Waals surface area (Å²) in [6, 6.07) is 11.4. The Kier molecular flexibility index (Phi) is 7.19. The molecule has 0 spiro atoms. The molecule has 9 nitrogen and oxygen atoms in total. The second kappa shape index (κ2) is 11.0. The van der Waals surface area contributed by atoms with Gasteiger partial charge in [0.2, 0.25) is 11.8 Å². The standard InChI is InChI=1S/C30H20F5N5O4/c31-17-7-5-15(6-8-17)28-40-38-23(44-28)12-11-21-24(14-1-3-16(4-2-14)29(42)43)26(39-37-21)22-13-18-19(30(33,34)35)9-10-20(32)25(18)27(41)36-22/h1-10,22H,11-13H2,(H,36,41)(H,37,39)(H,42,43). The molecule has 0 saturated carbocycles. The molecule has 0 aliphatic carbocycles. The molecule has 1 aliphatic rings. The third-order valence-corrected chi connectivity index (χ3v) is 7.27. The second-order valence-electron chi connectivity index (χ2n) is 10.0. The van der Waals surface area contributed by atoms with E-state index in [2.05, 4.69) is 25.7 Å². The minimum atomic E-state index is -4.83. The first-order valence-corrected chi connectivity index (χ1v) is 13.2. The van der Waals surface area contributed by atoms with Crippen molar-refractivity contribution in [1.29, 1.82) is 0 Å². The Morgan fingerprint density at radius 1 is 0.932 bits per heavy atom. The fourth-order valence-electron chi connectivity index (χ4n) is 5.22. The molecular weight excluding hydrogens is 589 g/mol. The van der Waals surface area contributed by atoms with Gasteiger partial charge in [0.1, 0.15) is 11.6 Å². The highest BCUT2D eigenvalue weighted by Crippen LogP contribution is 2.40. The van der Waals surface area contributed by atoms with Crippen LogP contribution < -0.4 is 5.32 Å². The summed E-state index contributed by atoms with van der Waals surface area (Å²) in [5, 5.41) is 27.1. The van der Waals surface area contributed by atoms with E-state index in [0.29, 0.717) is 34.5 Å². The van der Waals surface area contributed by atoms with Crippen LogP contribution in [-0.4, -0.2) is 37.4 Å². The number of carbonyl (C=O) groups is 2. The first kappa shape index (κ1) is 28.7. The molecule has 3 N–H and O–H groups in total. The highest BCUT2D eigenvalue weighted by molar-refractivity contribution is 5.98. The molecule has 0 radical (unpaired) electrons. The average Bonchev–Trinajstić information content (AvgIpc) is 3.63. The van der Waals surface area contributed by atoms with Gasteiger partial charge in [-0.15, -0.1) is 10.2 Å². The number of H-pyrrole nitrogens is 1. The number of nitrogens with zero attached hydrogens (tertiary/aromatic N) is 3. The third-order valence-electron chi connectivity index (χ3n) is 7.27. The summed E-state index contributed by atoms with van der Waals surface area (Å²) in [4.78, 5) is 24.3. The lowest BCUT2D eigenvalue weighted by molar-refractivity contribution is -0.138. The second-order valence-corrected chi connectivity index (χ2v) is 10.0. The van der Waals surface area contributed by atoms with Gasteiger partial charge in [0.15, 0.2) is 0 Å². The SMILES string of the molecule is O=C(O)c1ccc(-c2c(C3Cc4c(C(F)(F)F)ccc(F)c4C(=O)N3)n[nH]c2CCc2nnc(-c3ccc(F)cc3)o2)cc1. The van der Waals surface area contributed by atoms with Gasteiger partial charge in [-0.25, -0.2) is 13.6 Å². The number of carboxylic acid groups (broad SMARTS) is 1. The minimum Gasteiger partial charge on any atom is -0.478 e. The summed E-state index contributed by atoms with van der Waals surface area (Å²) >= 11 is 0. The van der Waals surface area contributed by atoms with E-state index in [1.807, 2.05) is 0 Å². The lowest BCUT2D eigenvalue weighted by atomic mass is 9.86. The molecule has 224 valence electrons. The van der Waals surface area contributed by atoms with Gasteiger partial charge >= 0.3 is 12.1 Å². The number of fused-ring (bicyclic) bond motifs is 1. The number of rotatable bonds is 7. The lowest BCUT2D eigenvalue weighted by Gasteiger charge is -2.28. The summed E-state index contributed by atoms with van der Waals surface area (Å²) in [6.07, 6.45) is -4.82. The van der Waals surface area contributed by atoms with Gasteiger partial charge in [-0.1, -0.05) is 12.1 Å². The van der Waals surface area contributed by atoms with Gasteiger partial charge in [-0.05, 0) is 72.5 Å². The molecule has 1 aliphatic heterocycles. The number of aromatic carboxylic acids is 1. The number of hydrogen-bond donors (Lipinski definition) is 3. The molecule has 1 unspecified atom stereocenters. The summed E-state index contributed by atoms with van der Waals surface area (Å²) < 4.78 is 75.0. The zero-order valence-electron chi connectivity index (χ0n) is 22.4. The normalized spacial score (nSPS) is 14.8. The molecule has 6 rings (SSSR count). The Bertz CT molecular complexity index is 1880. The van der Waals surface area contributed by atoms with E-state index in [9.17, 15) is 36.6 Å². The Morgan fingerprint density at radius 3 is 2.32 bits per heavy atom. The fourth-order valence-corrected chi connectivity index (χ4v) is 5.22. The molecule has 44 heavy (non-hydrogen) atoms. The molecule has 14 heteroatoms. The zero-order valence-corrected chi connectivity index (χ0v) is 22.4. The number of amides is 1. The van der Waals surface area contributed by atoms with Crippen molar-refractivity contribution < 1.29 is 41.1 Å². The van der Waals surface area contributed by atoms with Gasteiger partial charge in [-0.2, -0.15) is 18.3 Å². The Hall–Kier alpha value is -5.40. The number of halogens is 5. The summed E-state index contributed by atoms with van der Waals surface area (Å²) in [6.45, 7) is 0. The van der Waals surface area contributed by atoms with Gasteiger partial charge in [0.25, 0.3) is 5.91 Å². The maximum atomic E-state index is 14.5. The minimum absolute atomic E-state index is 0.00437. The Labute approximate surface area is 244 Å². The monoisotopic (exact) mass is 609 g/mol. The van der Waals surface area contributed by atoms with Crippen LogP contribution in [0, 0.1) is 11.6 Å². The molecule has 1 atom stereocenters. The molecule has 1 amide bonds. The number of hydrogen-bond acceptors (Lipinski definition) is 6. The highest BCUT2D eigenvalue weighted by atomic mass is 19.4. The van der Waals surface area contributed by atoms with Crippen LogP contribution in [0.4, 0.5) is 22.0 Å². The van der Waals surface area contributed by atoms with Crippen LogP contribution in [0.15, 0.2) is 65.1 Å². The average molecular weight is 610 g/mol. The number of carbonyl (C=O) groups excluding carboxylic acids is 1. The number of carboxylic acids is 1. The quantitative estimate of drug-likeness (QED) is 0.195. The Balaban J connectivity index is 1.36. The van der Waals surface area contributed by atoms with E-state index in [-0.39, 0.29) is 35.9 Å². The van der Waals surface area contributed by atoms with E-state index in [0.717, 1.165) is 0 Å². The number of benzene rings is 3. The van der Waals surface area contributed by atoms with Crippen LogP contribution in [0.25, 0.3) is 22.6 Å². The van der Waals surface area contributed by atoms with Crippen LogP contribution in [0.2, 0.25) is 0 Å². The zero-order chi connectivity index (χ0) is 31.2. The van der Waals surface area contributed by atoms with Crippen LogP contribution in [0.5, 0.6) is 0 Å². The number of alkyl halides is 3. The van der Waals surface area contributed by atoms with Crippen molar-refractivity contribution in [3.05, 3.63) is 112 Å². The van der Waals surface area contributed by atoms with E-state index in [1.54, 1.807) is 0 Å². The van der Waals surface area contributed by atoms with Crippen molar-refractivity contribution in [3.63, 3.8) is 0 Å². The van der Waals surface area contributed by atoms with Gasteiger partial charge in [0, 0.05) is 23.2 Å². The molecular formula is C30H20F5N5O4. The molecule has 0 bridgehead atoms. The number of aromatic nitrogens is 4. The number of aryl methyl sites for hydroxylation is 2. The molecule has 2 aromatic heterocycles. The van der Waals surface area contributed by atoms with Crippen molar-refractivity contribution >= 4 is 11.9 Å². The topological polar surface area (TPSA) is 134 Å². The highest BCUT2D eigenvalue weighted by Gasteiger charge is 2.40. The van der Waals surface area contributed by atoms with Crippen LogP contribution in [-0.2, 0) is 25.4 Å². The maximum absolute atomic E-state index is 14.5. The van der Waals surface area contributed by atoms with E-state index >= 15 is 0 Å². The molecule has 3 heterocycles. The summed E-state index contributed by atoms with van der Waals surface area (Å²) in [5.74, 6) is -3.27. The van der Waals surface area contributed by atoms with Crippen LogP contribution in [0.1, 0.15) is 55.2 Å². The molecule has 3 aromatic carbocycles. The predicted molar refractivity (Wildman–Crippen MR) is 143 cm³/mol. The van der Waals surface area contributed by atoms with E-state index in [1.165, 1.54) is 48.5 Å². The van der Waals surface area contributed by atoms with Crippen molar-refractivity contribution in [1.82, 2.24) is 25.7 Å². The molecule has 5 aromatic rings. The maximum Gasteiger partial charge on any atom is 0.416 e. The third kappa shape index (κ3) is 5.41. The number of nitrogens with one attached hydrogen (secondary N) is 2. The lowest BCUT2D eigenvalue weighted by Crippen LogP contribution is -2.38. The first-order valence-electron chi connectivity index (χ1n) is 13.2. The summed E-state index contributed by atoms with van der Waals surface area (Å²) in [7, 11) is 0. The molecule has 0 saturated heterocycles. The fraction of sp³-hybridized carbons (Fsp3) is 0.167. The van der Waals surface area contributed by atoms with Gasteiger partial charge < -0.3 is 14.8 Å². The van der Waals surface area contributed by atoms with Crippen LogP contribution in [0.3, 0.4) is 0 Å². The van der Waals surface area contributed by atoms with Gasteiger partial charge in [-0.3, -0.25) is 9.89 Å². The predicted octanol–water partition coefficient (Wildman–Crippen LogP) is 5.93. The van der Waals surface area contributed by atoms with Crippen molar-refractivity contribution in [3.8, 4) is 22.6 Å². The van der Waals surface area contributed by atoms with Crippen molar-refractivity contribution in [2.45, 2.75) is 31.5 Å². The molecule has 0 fully saturated rings.